The van der Waals surface area contributed by atoms with Gasteiger partial charge in [-0.3, -0.25) is 23.7 Å². The van der Waals surface area contributed by atoms with Gasteiger partial charge in [0.05, 0.1) is 37.6 Å². The molecule has 202 valence electrons. The van der Waals surface area contributed by atoms with Crippen molar-refractivity contribution < 1.29 is 42.5 Å². The highest BCUT2D eigenvalue weighted by molar-refractivity contribution is 6.06. The lowest BCUT2D eigenvalue weighted by molar-refractivity contribution is -0.159. The number of rotatable bonds is 11. The highest BCUT2D eigenvalue weighted by Crippen LogP contribution is 2.37. The summed E-state index contributed by atoms with van der Waals surface area (Å²) in [6, 6.07) is 5.40. The SMILES string of the molecule is CCOC(=O)C(C(=O)OCC)c1c(F)ccc2cc(C(C(=O)OCC)C(=O)OCC)n(-c3ncccn3)c12. The standard InChI is InChI=1S/C26H28FN3O8/c1-5-35-22(31)19(23(32)36-6-2)17-14-15-10-11-16(27)18(20(24(33)37-7-3)25(34)38-8-4)21(15)30(17)26-28-12-9-13-29-26/h9-14,19-20H,5-8H2,1-4H3. The molecule has 0 fully saturated rings. The molecule has 0 radical (unpaired) electrons. The second-order valence-electron chi connectivity index (χ2n) is 7.73. The van der Waals surface area contributed by atoms with Crippen molar-refractivity contribution in [2.75, 3.05) is 26.4 Å². The Morgan fingerprint density at radius 3 is 1.74 bits per heavy atom. The van der Waals surface area contributed by atoms with E-state index in [1.807, 2.05) is 0 Å². The maximum atomic E-state index is 15.6. The molecule has 0 amide bonds. The van der Waals surface area contributed by atoms with Crippen molar-refractivity contribution in [1.29, 1.82) is 0 Å². The van der Waals surface area contributed by atoms with Crippen molar-refractivity contribution in [3.05, 3.63) is 53.7 Å². The fourth-order valence-electron chi connectivity index (χ4n) is 4.00. The summed E-state index contributed by atoms with van der Waals surface area (Å²) in [6.07, 6.45) is 2.80. The lowest BCUT2D eigenvalue weighted by Gasteiger charge is -2.20. The van der Waals surface area contributed by atoms with Gasteiger partial charge in [0, 0.05) is 23.3 Å². The summed E-state index contributed by atoms with van der Waals surface area (Å²) in [7, 11) is 0. The molecule has 11 nitrogen and oxygen atoms in total. The van der Waals surface area contributed by atoms with Crippen molar-refractivity contribution >= 4 is 34.8 Å². The zero-order chi connectivity index (χ0) is 27.8. The Balaban J connectivity index is 2.46. The van der Waals surface area contributed by atoms with Crippen LogP contribution >= 0.6 is 0 Å². The quantitative estimate of drug-likeness (QED) is 0.207. The molecule has 0 aliphatic rings. The van der Waals surface area contributed by atoms with Crippen molar-refractivity contribution in [1.82, 2.24) is 14.5 Å². The molecule has 0 unspecified atom stereocenters. The lowest BCUT2D eigenvalue weighted by atomic mass is 9.96. The molecule has 0 aliphatic heterocycles. The fraction of sp³-hybridized carbons (Fsp3) is 0.385. The number of aromatic nitrogens is 3. The van der Waals surface area contributed by atoms with Gasteiger partial charge in [0.25, 0.3) is 0 Å². The maximum absolute atomic E-state index is 15.6. The Bertz CT molecular complexity index is 1290. The minimum atomic E-state index is -1.81. The molecule has 38 heavy (non-hydrogen) atoms. The largest absolute Gasteiger partial charge is 0.465 e. The van der Waals surface area contributed by atoms with E-state index in [9.17, 15) is 19.2 Å². The van der Waals surface area contributed by atoms with Crippen LogP contribution in [0.5, 0.6) is 0 Å². The summed E-state index contributed by atoms with van der Waals surface area (Å²) >= 11 is 0. The molecule has 0 aliphatic carbocycles. The van der Waals surface area contributed by atoms with Crippen LogP contribution in [0.2, 0.25) is 0 Å². The van der Waals surface area contributed by atoms with Gasteiger partial charge in [-0.15, -0.1) is 0 Å². The third-order valence-corrected chi connectivity index (χ3v) is 5.41. The van der Waals surface area contributed by atoms with Gasteiger partial charge in [-0.2, -0.15) is 0 Å². The van der Waals surface area contributed by atoms with Gasteiger partial charge in [-0.05, 0) is 52.0 Å². The summed E-state index contributed by atoms with van der Waals surface area (Å²) in [5.41, 5.74) is -0.429. The van der Waals surface area contributed by atoms with E-state index in [0.717, 1.165) is 6.07 Å². The molecule has 0 bridgehead atoms. The summed E-state index contributed by atoms with van der Waals surface area (Å²) in [6.45, 7) is 6.04. The number of carbonyl (C=O) groups is 4. The number of hydrogen-bond acceptors (Lipinski definition) is 10. The maximum Gasteiger partial charge on any atom is 0.326 e. The number of carbonyl (C=O) groups excluding carboxylic acids is 4. The second-order valence-corrected chi connectivity index (χ2v) is 7.73. The average molecular weight is 530 g/mol. The number of esters is 4. The molecule has 0 saturated heterocycles. The van der Waals surface area contributed by atoms with Crippen LogP contribution in [0, 0.1) is 5.82 Å². The van der Waals surface area contributed by atoms with E-state index in [-0.39, 0.29) is 54.5 Å². The molecule has 0 atom stereocenters. The fourth-order valence-corrected chi connectivity index (χ4v) is 4.00. The monoisotopic (exact) mass is 529 g/mol. The highest BCUT2D eigenvalue weighted by atomic mass is 19.1. The van der Waals surface area contributed by atoms with Crippen LogP contribution in [0.1, 0.15) is 50.8 Å². The van der Waals surface area contributed by atoms with Crippen molar-refractivity contribution in [2.24, 2.45) is 0 Å². The van der Waals surface area contributed by atoms with Gasteiger partial charge in [0.1, 0.15) is 5.82 Å². The number of fused-ring (bicyclic) bond motifs is 1. The van der Waals surface area contributed by atoms with E-state index in [4.69, 9.17) is 18.9 Å². The van der Waals surface area contributed by atoms with Crippen LogP contribution in [-0.2, 0) is 38.1 Å². The van der Waals surface area contributed by atoms with Gasteiger partial charge >= 0.3 is 23.9 Å². The van der Waals surface area contributed by atoms with Crippen molar-refractivity contribution in [2.45, 2.75) is 39.5 Å². The Morgan fingerprint density at radius 2 is 1.26 bits per heavy atom. The van der Waals surface area contributed by atoms with E-state index in [1.165, 1.54) is 35.2 Å². The minimum absolute atomic E-state index is 0.0126. The van der Waals surface area contributed by atoms with E-state index in [2.05, 4.69) is 9.97 Å². The molecule has 2 aromatic heterocycles. The summed E-state index contributed by atoms with van der Waals surface area (Å²) < 4.78 is 37.2. The van der Waals surface area contributed by atoms with Crippen LogP contribution in [0.25, 0.3) is 16.9 Å². The molecule has 0 spiro atoms. The van der Waals surface area contributed by atoms with Crippen LogP contribution < -0.4 is 0 Å². The first-order chi connectivity index (χ1) is 18.3. The number of hydrogen-bond donors (Lipinski definition) is 0. The van der Waals surface area contributed by atoms with E-state index in [1.54, 1.807) is 27.7 Å². The van der Waals surface area contributed by atoms with Gasteiger partial charge in [-0.1, -0.05) is 0 Å². The van der Waals surface area contributed by atoms with E-state index >= 15 is 4.39 Å². The van der Waals surface area contributed by atoms with E-state index in [0.29, 0.717) is 0 Å². The summed E-state index contributed by atoms with van der Waals surface area (Å²) in [5, 5.41) is 0.279. The zero-order valence-electron chi connectivity index (χ0n) is 21.4. The van der Waals surface area contributed by atoms with Crippen molar-refractivity contribution in [3.8, 4) is 5.95 Å². The molecule has 0 saturated carbocycles. The third kappa shape index (κ3) is 5.63. The van der Waals surface area contributed by atoms with Gasteiger partial charge in [-0.25, -0.2) is 14.4 Å². The normalized spacial score (nSPS) is 11.0. The lowest BCUT2D eigenvalue weighted by Crippen LogP contribution is -2.29. The summed E-state index contributed by atoms with van der Waals surface area (Å²) in [4.78, 5) is 60.3. The average Bonchev–Trinajstić information content (AvgIpc) is 3.26. The third-order valence-electron chi connectivity index (χ3n) is 5.41. The Hall–Kier alpha value is -4.35. The molecule has 3 rings (SSSR count). The first kappa shape index (κ1) is 28.2. The van der Waals surface area contributed by atoms with Crippen LogP contribution in [0.15, 0.2) is 36.7 Å². The summed E-state index contributed by atoms with van der Waals surface area (Å²) in [5.74, 6) is -8.30. The number of nitrogens with zero attached hydrogens (tertiary/aromatic N) is 3. The van der Waals surface area contributed by atoms with Crippen LogP contribution in [-0.4, -0.2) is 64.8 Å². The second kappa shape index (κ2) is 12.7. The minimum Gasteiger partial charge on any atom is -0.465 e. The number of benzene rings is 1. The smallest absolute Gasteiger partial charge is 0.326 e. The topological polar surface area (TPSA) is 136 Å². The first-order valence-corrected chi connectivity index (χ1v) is 12.1. The van der Waals surface area contributed by atoms with Gasteiger partial charge in [0.2, 0.25) is 5.95 Å². The number of halogens is 1. The Labute approximate surface area is 217 Å². The van der Waals surface area contributed by atoms with E-state index < -0.39 is 41.5 Å². The number of ether oxygens (including phenoxy) is 4. The molecule has 0 N–H and O–H groups in total. The Kier molecular flexibility index (Phi) is 9.47. The predicted octanol–water partition coefficient (Wildman–Crippen LogP) is 2.98. The van der Waals surface area contributed by atoms with Crippen molar-refractivity contribution in [3.63, 3.8) is 0 Å². The zero-order valence-corrected chi connectivity index (χ0v) is 21.4. The van der Waals surface area contributed by atoms with Gasteiger partial charge in [0.15, 0.2) is 11.8 Å². The molecular formula is C26H28FN3O8. The Morgan fingerprint density at radius 1 is 0.789 bits per heavy atom. The highest BCUT2D eigenvalue weighted by Gasteiger charge is 2.40. The van der Waals surface area contributed by atoms with Gasteiger partial charge < -0.3 is 18.9 Å². The molecule has 1 aromatic carbocycles. The predicted molar refractivity (Wildman–Crippen MR) is 131 cm³/mol. The van der Waals surface area contributed by atoms with Crippen LogP contribution in [0.3, 0.4) is 0 Å². The first-order valence-electron chi connectivity index (χ1n) is 12.1. The molecular weight excluding hydrogens is 501 g/mol. The van der Waals surface area contributed by atoms with Crippen LogP contribution in [0.4, 0.5) is 4.39 Å². The molecule has 2 heterocycles. The molecule has 12 heteroatoms. The molecule has 3 aromatic rings.